The standard InChI is InChI=1S/C14H32OSi2/c1-13(15)14(10-12-17(5,6)7)9-8-11-16(2,3)4/h14H,8-12H2,1-7H3. The second kappa shape index (κ2) is 6.88. The Labute approximate surface area is 110 Å². The van der Waals surface area contributed by atoms with E-state index < -0.39 is 16.1 Å². The van der Waals surface area contributed by atoms with Gasteiger partial charge < -0.3 is 0 Å². The quantitative estimate of drug-likeness (QED) is 0.566. The van der Waals surface area contributed by atoms with Crippen molar-refractivity contribution in [3.8, 4) is 0 Å². The summed E-state index contributed by atoms with van der Waals surface area (Å²) in [5.74, 6) is 0.761. The minimum Gasteiger partial charge on any atom is -0.300 e. The first-order valence-electron chi connectivity index (χ1n) is 7.02. The van der Waals surface area contributed by atoms with Gasteiger partial charge in [0.1, 0.15) is 5.78 Å². The van der Waals surface area contributed by atoms with E-state index in [-0.39, 0.29) is 0 Å². The van der Waals surface area contributed by atoms with Crippen molar-refractivity contribution in [2.75, 3.05) is 0 Å². The van der Waals surface area contributed by atoms with Gasteiger partial charge in [0, 0.05) is 22.1 Å². The molecule has 17 heavy (non-hydrogen) atoms. The Morgan fingerprint density at radius 1 is 0.882 bits per heavy atom. The van der Waals surface area contributed by atoms with Gasteiger partial charge in [0.15, 0.2) is 0 Å². The van der Waals surface area contributed by atoms with Crippen molar-refractivity contribution in [3.63, 3.8) is 0 Å². The van der Waals surface area contributed by atoms with Gasteiger partial charge in [-0.25, -0.2) is 0 Å². The summed E-state index contributed by atoms with van der Waals surface area (Å²) < 4.78 is 0. The summed E-state index contributed by atoms with van der Waals surface area (Å²) in [5, 5.41) is 0. The van der Waals surface area contributed by atoms with Crippen molar-refractivity contribution >= 4 is 21.9 Å². The molecule has 102 valence electrons. The van der Waals surface area contributed by atoms with Crippen LogP contribution in [0.5, 0.6) is 0 Å². The Bertz CT molecular complexity index is 236. The van der Waals surface area contributed by atoms with Crippen LogP contribution in [-0.4, -0.2) is 21.9 Å². The van der Waals surface area contributed by atoms with E-state index in [0.29, 0.717) is 11.7 Å². The minimum atomic E-state index is -0.985. The van der Waals surface area contributed by atoms with Gasteiger partial charge >= 0.3 is 0 Å². The van der Waals surface area contributed by atoms with Crippen LogP contribution in [0.3, 0.4) is 0 Å². The van der Waals surface area contributed by atoms with Gasteiger partial charge in [-0.15, -0.1) is 0 Å². The molecule has 0 aliphatic heterocycles. The zero-order valence-corrected chi connectivity index (χ0v) is 15.0. The average molecular weight is 273 g/mol. The Morgan fingerprint density at radius 3 is 1.71 bits per heavy atom. The van der Waals surface area contributed by atoms with Crippen LogP contribution in [-0.2, 0) is 4.79 Å². The molecule has 0 rings (SSSR count). The van der Waals surface area contributed by atoms with Crippen LogP contribution in [0.15, 0.2) is 0 Å². The lowest BCUT2D eigenvalue weighted by Gasteiger charge is -2.21. The molecule has 0 radical (unpaired) electrons. The predicted octanol–water partition coefficient (Wildman–Crippen LogP) is 5.04. The maximum Gasteiger partial charge on any atom is 0.132 e. The highest BCUT2D eigenvalue weighted by molar-refractivity contribution is 6.76. The second-order valence-electron chi connectivity index (χ2n) is 7.86. The highest BCUT2D eigenvalue weighted by Gasteiger charge is 2.21. The van der Waals surface area contributed by atoms with Crippen molar-refractivity contribution in [2.45, 2.75) is 77.6 Å². The molecule has 1 atom stereocenters. The fourth-order valence-corrected chi connectivity index (χ4v) is 4.52. The van der Waals surface area contributed by atoms with Crippen molar-refractivity contribution in [1.82, 2.24) is 0 Å². The van der Waals surface area contributed by atoms with E-state index in [1.54, 1.807) is 6.92 Å². The van der Waals surface area contributed by atoms with E-state index in [9.17, 15) is 4.79 Å². The first kappa shape index (κ1) is 17.1. The van der Waals surface area contributed by atoms with Crippen molar-refractivity contribution < 1.29 is 4.79 Å². The average Bonchev–Trinajstić information content (AvgIpc) is 2.06. The second-order valence-corrected chi connectivity index (χ2v) is 19.1. The van der Waals surface area contributed by atoms with Crippen LogP contribution in [0.1, 0.15) is 26.2 Å². The Balaban J connectivity index is 4.05. The lowest BCUT2D eigenvalue weighted by molar-refractivity contribution is -0.121. The Kier molecular flexibility index (Phi) is 6.92. The number of rotatable bonds is 8. The zero-order chi connectivity index (χ0) is 13.7. The summed E-state index contributed by atoms with van der Waals surface area (Å²) in [6, 6.07) is 2.66. The maximum absolute atomic E-state index is 11.6. The molecule has 0 fully saturated rings. The van der Waals surface area contributed by atoms with Crippen LogP contribution in [0.4, 0.5) is 0 Å². The number of hydrogen-bond donors (Lipinski definition) is 0. The van der Waals surface area contributed by atoms with Gasteiger partial charge in [-0.2, -0.15) is 0 Å². The molecule has 0 saturated heterocycles. The molecule has 0 aliphatic rings. The molecule has 1 unspecified atom stereocenters. The third-order valence-electron chi connectivity index (χ3n) is 3.30. The van der Waals surface area contributed by atoms with Crippen LogP contribution in [0.25, 0.3) is 0 Å². The number of Topliss-reactive ketones (excluding diaryl/α,β-unsaturated/α-hetero) is 1. The highest BCUT2D eigenvalue weighted by Crippen LogP contribution is 2.23. The number of carbonyl (C=O) groups excluding carboxylic acids is 1. The van der Waals surface area contributed by atoms with Gasteiger partial charge in [0.05, 0.1) is 0 Å². The van der Waals surface area contributed by atoms with E-state index in [1.807, 2.05) is 0 Å². The topological polar surface area (TPSA) is 17.1 Å². The summed E-state index contributed by atoms with van der Waals surface area (Å²) in [4.78, 5) is 11.6. The summed E-state index contributed by atoms with van der Waals surface area (Å²) >= 11 is 0. The monoisotopic (exact) mass is 272 g/mol. The largest absolute Gasteiger partial charge is 0.300 e. The summed E-state index contributed by atoms with van der Waals surface area (Å²) in [6.07, 6.45) is 3.52. The fraction of sp³-hybridized carbons (Fsp3) is 0.929. The van der Waals surface area contributed by atoms with Gasteiger partial charge in [-0.1, -0.05) is 57.8 Å². The van der Waals surface area contributed by atoms with E-state index in [0.717, 1.165) is 12.8 Å². The van der Waals surface area contributed by atoms with Gasteiger partial charge in [-0.3, -0.25) is 4.79 Å². The number of carbonyl (C=O) groups is 1. The fourth-order valence-electron chi connectivity index (χ4n) is 2.04. The smallest absolute Gasteiger partial charge is 0.132 e. The lowest BCUT2D eigenvalue weighted by Crippen LogP contribution is -2.23. The van der Waals surface area contributed by atoms with Crippen LogP contribution < -0.4 is 0 Å². The minimum absolute atomic E-state index is 0.345. The van der Waals surface area contributed by atoms with Crippen LogP contribution >= 0.6 is 0 Å². The first-order chi connectivity index (χ1) is 7.51. The lowest BCUT2D eigenvalue weighted by atomic mass is 9.97. The highest BCUT2D eigenvalue weighted by atomic mass is 28.3. The molecule has 0 saturated carbocycles. The molecule has 0 spiro atoms. The van der Waals surface area contributed by atoms with E-state index in [1.165, 1.54) is 18.5 Å². The van der Waals surface area contributed by atoms with E-state index in [4.69, 9.17) is 0 Å². The number of ketones is 1. The van der Waals surface area contributed by atoms with E-state index >= 15 is 0 Å². The molecule has 0 N–H and O–H groups in total. The van der Waals surface area contributed by atoms with Gasteiger partial charge in [0.25, 0.3) is 0 Å². The molecule has 0 aromatic carbocycles. The number of hydrogen-bond acceptors (Lipinski definition) is 1. The zero-order valence-electron chi connectivity index (χ0n) is 13.0. The molecule has 0 aliphatic carbocycles. The van der Waals surface area contributed by atoms with Gasteiger partial charge in [-0.05, 0) is 19.8 Å². The molecule has 0 aromatic rings. The van der Waals surface area contributed by atoms with Crippen molar-refractivity contribution in [2.24, 2.45) is 5.92 Å². The molecular formula is C14H32OSi2. The van der Waals surface area contributed by atoms with Crippen LogP contribution in [0, 0.1) is 5.92 Å². The molecule has 3 heteroatoms. The van der Waals surface area contributed by atoms with E-state index in [2.05, 4.69) is 39.3 Å². The Hall–Kier alpha value is 0.104. The normalized spacial score (nSPS) is 14.8. The first-order valence-corrected chi connectivity index (χ1v) is 14.4. The predicted molar refractivity (Wildman–Crippen MR) is 84.3 cm³/mol. The van der Waals surface area contributed by atoms with Gasteiger partial charge in [0.2, 0.25) is 0 Å². The molecule has 0 bridgehead atoms. The summed E-state index contributed by atoms with van der Waals surface area (Å²) in [5.41, 5.74) is 0. The molecule has 1 nitrogen and oxygen atoms in total. The molecular weight excluding hydrogens is 240 g/mol. The maximum atomic E-state index is 11.6. The molecule has 0 heterocycles. The Morgan fingerprint density at radius 2 is 1.35 bits per heavy atom. The SMILES string of the molecule is CC(=O)C(CCC[Si](C)(C)C)CC[Si](C)(C)C. The summed E-state index contributed by atoms with van der Waals surface area (Å²) in [7, 11) is -1.91. The molecule has 0 aromatic heterocycles. The van der Waals surface area contributed by atoms with Crippen molar-refractivity contribution in [1.29, 1.82) is 0 Å². The molecule has 0 amide bonds. The van der Waals surface area contributed by atoms with Crippen molar-refractivity contribution in [3.05, 3.63) is 0 Å². The third kappa shape index (κ3) is 11.0. The van der Waals surface area contributed by atoms with Crippen LogP contribution in [0.2, 0.25) is 51.4 Å². The third-order valence-corrected chi connectivity index (χ3v) is 6.94. The summed E-state index contributed by atoms with van der Waals surface area (Å²) in [6.45, 7) is 16.2.